The lowest BCUT2D eigenvalue weighted by Gasteiger charge is -2.32. The van der Waals surface area contributed by atoms with Crippen LogP contribution in [0.2, 0.25) is 0 Å². The van der Waals surface area contributed by atoms with Crippen LogP contribution in [-0.4, -0.2) is 58.3 Å². The molecule has 0 atom stereocenters. The Morgan fingerprint density at radius 3 is 2.03 bits per heavy atom. The fourth-order valence-corrected chi connectivity index (χ4v) is 4.07. The van der Waals surface area contributed by atoms with E-state index in [2.05, 4.69) is 32.9 Å². The molecule has 31 heavy (non-hydrogen) atoms. The van der Waals surface area contributed by atoms with Gasteiger partial charge in [-0.3, -0.25) is 4.79 Å². The van der Waals surface area contributed by atoms with Gasteiger partial charge < -0.3 is 24.0 Å². The molecule has 0 unspecified atom stereocenters. The number of methoxy groups -OCH3 is 3. The molecule has 0 spiro atoms. The minimum Gasteiger partial charge on any atom is -0.493 e. The third-order valence-corrected chi connectivity index (χ3v) is 5.98. The van der Waals surface area contributed by atoms with E-state index in [0.717, 1.165) is 43.9 Å². The predicted molar refractivity (Wildman–Crippen MR) is 122 cm³/mol. The summed E-state index contributed by atoms with van der Waals surface area (Å²) < 4.78 is 16.5. The highest BCUT2D eigenvalue weighted by Gasteiger charge is 2.27. The third kappa shape index (κ3) is 5.13. The lowest BCUT2D eigenvalue weighted by atomic mass is 9.86. The topological polar surface area (TPSA) is 52.4 Å². The van der Waals surface area contributed by atoms with Crippen LogP contribution < -0.4 is 19.1 Å². The van der Waals surface area contributed by atoms with E-state index in [1.807, 2.05) is 29.2 Å². The van der Waals surface area contributed by atoms with Crippen molar-refractivity contribution in [1.82, 2.24) is 4.90 Å². The first-order valence-corrected chi connectivity index (χ1v) is 10.8. The second kappa shape index (κ2) is 9.60. The zero-order valence-corrected chi connectivity index (χ0v) is 19.6. The first kappa shape index (κ1) is 22.9. The van der Waals surface area contributed by atoms with E-state index < -0.39 is 0 Å². The Bertz CT molecular complexity index is 895. The molecule has 1 aliphatic heterocycles. The molecule has 0 bridgehead atoms. The molecule has 6 heteroatoms. The average Bonchev–Trinajstić information content (AvgIpc) is 2.78. The summed E-state index contributed by atoms with van der Waals surface area (Å²) in [6.07, 6.45) is 0. The molecule has 3 rings (SSSR count). The summed E-state index contributed by atoms with van der Waals surface area (Å²) in [6.45, 7) is 10.6. The van der Waals surface area contributed by atoms with Crippen LogP contribution in [0.4, 0.5) is 0 Å². The fraction of sp³-hybridized carbons (Fsp3) is 0.480. The number of nitrogens with one attached hydrogen (secondary N) is 1. The minimum atomic E-state index is 0.0851. The molecular formula is C25H35N2O4+. The van der Waals surface area contributed by atoms with E-state index in [0.29, 0.717) is 17.2 Å². The fourth-order valence-electron chi connectivity index (χ4n) is 4.07. The molecule has 0 aliphatic carbocycles. The molecule has 1 aliphatic rings. The molecule has 0 aromatic heterocycles. The van der Waals surface area contributed by atoms with Gasteiger partial charge in [-0.05, 0) is 35.2 Å². The standard InChI is InChI=1S/C25H34N2O4/c1-25(2,3)20-10-7-18(8-11-20)24(28)27-15-13-26(14-16-27)17-19-9-12-21(29-4)23(31-6)22(19)30-5/h7-12H,13-17H2,1-6H3/p+1. The molecule has 168 valence electrons. The Morgan fingerprint density at radius 2 is 1.52 bits per heavy atom. The zero-order chi connectivity index (χ0) is 22.6. The summed E-state index contributed by atoms with van der Waals surface area (Å²) in [5, 5.41) is 0. The lowest BCUT2D eigenvalue weighted by Crippen LogP contribution is -3.13. The summed E-state index contributed by atoms with van der Waals surface area (Å²) in [4.78, 5) is 16.3. The molecule has 6 nitrogen and oxygen atoms in total. The second-order valence-corrected chi connectivity index (χ2v) is 9.04. The summed E-state index contributed by atoms with van der Waals surface area (Å²) in [5.41, 5.74) is 3.16. The largest absolute Gasteiger partial charge is 0.493 e. The Balaban J connectivity index is 1.63. The van der Waals surface area contributed by atoms with Gasteiger partial charge in [-0.2, -0.15) is 0 Å². The Kier molecular flexibility index (Phi) is 7.11. The van der Waals surface area contributed by atoms with Crippen LogP contribution in [0.15, 0.2) is 36.4 Å². The molecule has 2 aromatic carbocycles. The van der Waals surface area contributed by atoms with Crippen molar-refractivity contribution >= 4 is 5.91 Å². The number of hydrogen-bond donors (Lipinski definition) is 1. The summed E-state index contributed by atoms with van der Waals surface area (Å²) >= 11 is 0. The van der Waals surface area contributed by atoms with Gasteiger partial charge in [-0.25, -0.2) is 0 Å². The van der Waals surface area contributed by atoms with Crippen molar-refractivity contribution in [2.45, 2.75) is 32.7 Å². The van der Waals surface area contributed by atoms with E-state index in [9.17, 15) is 4.79 Å². The lowest BCUT2D eigenvalue weighted by molar-refractivity contribution is -0.917. The molecule has 1 N–H and O–H groups in total. The summed E-state index contributed by atoms with van der Waals surface area (Å²) in [6, 6.07) is 12.0. The molecule has 1 heterocycles. The van der Waals surface area contributed by atoms with E-state index in [4.69, 9.17) is 14.2 Å². The Labute approximate surface area is 185 Å². The number of carbonyl (C=O) groups is 1. The van der Waals surface area contributed by atoms with Crippen molar-refractivity contribution in [2.24, 2.45) is 0 Å². The molecule has 0 saturated carbocycles. The average molecular weight is 428 g/mol. The van der Waals surface area contributed by atoms with Gasteiger partial charge in [-0.1, -0.05) is 32.9 Å². The number of carbonyl (C=O) groups excluding carboxylic acids is 1. The van der Waals surface area contributed by atoms with Crippen LogP contribution in [-0.2, 0) is 12.0 Å². The molecule has 1 saturated heterocycles. The number of amides is 1. The zero-order valence-electron chi connectivity index (χ0n) is 19.6. The molecule has 1 amide bonds. The number of hydrogen-bond acceptors (Lipinski definition) is 4. The van der Waals surface area contributed by atoms with Crippen molar-refractivity contribution in [3.63, 3.8) is 0 Å². The SMILES string of the molecule is COc1ccc(C[NH+]2CCN(C(=O)c3ccc(C(C)(C)C)cc3)CC2)c(OC)c1OC. The van der Waals surface area contributed by atoms with E-state index in [1.165, 1.54) is 10.5 Å². The summed E-state index contributed by atoms with van der Waals surface area (Å²) in [5.74, 6) is 2.11. The smallest absolute Gasteiger partial charge is 0.254 e. The van der Waals surface area contributed by atoms with Gasteiger partial charge in [0.1, 0.15) is 6.54 Å². The van der Waals surface area contributed by atoms with E-state index in [1.54, 1.807) is 21.3 Å². The third-order valence-electron chi connectivity index (χ3n) is 5.98. The highest BCUT2D eigenvalue weighted by Crippen LogP contribution is 2.39. The van der Waals surface area contributed by atoms with Crippen LogP contribution in [0.5, 0.6) is 17.2 Å². The summed E-state index contributed by atoms with van der Waals surface area (Å²) in [7, 11) is 4.89. The number of ether oxygens (including phenoxy) is 3. The Hall–Kier alpha value is -2.73. The number of nitrogens with zero attached hydrogens (tertiary/aromatic N) is 1. The van der Waals surface area contributed by atoms with Gasteiger partial charge in [0, 0.05) is 5.56 Å². The van der Waals surface area contributed by atoms with Gasteiger partial charge in [0.15, 0.2) is 11.5 Å². The maximum atomic E-state index is 12.9. The highest BCUT2D eigenvalue weighted by molar-refractivity contribution is 5.94. The number of piperazine rings is 1. The normalized spacial score (nSPS) is 15.0. The molecule has 2 aromatic rings. The molecular weight excluding hydrogens is 392 g/mol. The molecule has 0 radical (unpaired) electrons. The van der Waals surface area contributed by atoms with Crippen LogP contribution in [0.25, 0.3) is 0 Å². The second-order valence-electron chi connectivity index (χ2n) is 9.04. The minimum absolute atomic E-state index is 0.0851. The van der Waals surface area contributed by atoms with Crippen LogP contribution >= 0.6 is 0 Å². The molecule has 1 fully saturated rings. The van der Waals surface area contributed by atoms with Gasteiger partial charge in [0.05, 0.1) is 53.1 Å². The number of rotatable bonds is 6. The van der Waals surface area contributed by atoms with Crippen molar-refractivity contribution in [3.8, 4) is 17.2 Å². The van der Waals surface area contributed by atoms with Gasteiger partial charge in [0.25, 0.3) is 5.91 Å². The number of benzene rings is 2. The van der Waals surface area contributed by atoms with Crippen molar-refractivity contribution in [2.75, 3.05) is 47.5 Å². The highest BCUT2D eigenvalue weighted by atomic mass is 16.5. The van der Waals surface area contributed by atoms with Crippen molar-refractivity contribution in [1.29, 1.82) is 0 Å². The van der Waals surface area contributed by atoms with E-state index >= 15 is 0 Å². The van der Waals surface area contributed by atoms with Crippen molar-refractivity contribution in [3.05, 3.63) is 53.1 Å². The number of quaternary nitrogens is 1. The first-order valence-electron chi connectivity index (χ1n) is 10.8. The van der Waals surface area contributed by atoms with Gasteiger partial charge in [0.2, 0.25) is 5.75 Å². The Morgan fingerprint density at radius 1 is 0.903 bits per heavy atom. The first-order chi connectivity index (χ1) is 14.8. The quantitative estimate of drug-likeness (QED) is 0.770. The van der Waals surface area contributed by atoms with Crippen molar-refractivity contribution < 1.29 is 23.9 Å². The van der Waals surface area contributed by atoms with Crippen LogP contribution in [0.3, 0.4) is 0 Å². The van der Waals surface area contributed by atoms with Crippen LogP contribution in [0.1, 0.15) is 42.3 Å². The van der Waals surface area contributed by atoms with Gasteiger partial charge in [-0.15, -0.1) is 0 Å². The van der Waals surface area contributed by atoms with E-state index in [-0.39, 0.29) is 11.3 Å². The maximum Gasteiger partial charge on any atom is 0.254 e. The van der Waals surface area contributed by atoms with Gasteiger partial charge >= 0.3 is 0 Å². The monoisotopic (exact) mass is 427 g/mol. The predicted octanol–water partition coefficient (Wildman–Crippen LogP) is 2.55. The van der Waals surface area contributed by atoms with Crippen LogP contribution in [0, 0.1) is 0 Å². The maximum absolute atomic E-state index is 12.9.